The molecule has 25 heavy (non-hydrogen) atoms. The SMILES string of the molecule is CCOc1ccccc1/C=N/NC(=O)c1cc2ccccc2nc1C. The van der Waals surface area contributed by atoms with Gasteiger partial charge in [0.2, 0.25) is 0 Å². The fraction of sp³-hybridized carbons (Fsp3) is 0.150. The van der Waals surface area contributed by atoms with Crippen molar-refractivity contribution in [3.05, 3.63) is 71.4 Å². The zero-order chi connectivity index (χ0) is 17.6. The standard InChI is InChI=1S/C20H19N3O2/c1-3-25-19-11-7-5-9-16(19)13-21-23-20(24)17-12-15-8-4-6-10-18(15)22-14(17)2/h4-13H,3H2,1-2H3,(H,23,24)/b21-13+. The Bertz CT molecular complexity index is 935. The summed E-state index contributed by atoms with van der Waals surface area (Å²) >= 11 is 0. The Kier molecular flexibility index (Phi) is 5.04. The summed E-state index contributed by atoms with van der Waals surface area (Å²) in [6.45, 7) is 4.31. The molecule has 0 saturated carbocycles. The summed E-state index contributed by atoms with van der Waals surface area (Å²) in [7, 11) is 0. The van der Waals surface area contributed by atoms with Crippen molar-refractivity contribution in [2.75, 3.05) is 6.61 Å². The number of aromatic nitrogens is 1. The zero-order valence-corrected chi connectivity index (χ0v) is 14.2. The Morgan fingerprint density at radius 2 is 1.96 bits per heavy atom. The maximum atomic E-state index is 12.4. The van der Waals surface area contributed by atoms with Crippen LogP contribution in [0, 0.1) is 6.92 Å². The van der Waals surface area contributed by atoms with Crippen molar-refractivity contribution in [2.45, 2.75) is 13.8 Å². The van der Waals surface area contributed by atoms with Crippen molar-refractivity contribution in [1.29, 1.82) is 0 Å². The van der Waals surface area contributed by atoms with Crippen LogP contribution in [0.4, 0.5) is 0 Å². The van der Waals surface area contributed by atoms with Gasteiger partial charge in [0, 0.05) is 10.9 Å². The molecule has 0 unspecified atom stereocenters. The van der Waals surface area contributed by atoms with Crippen molar-refractivity contribution in [3.63, 3.8) is 0 Å². The van der Waals surface area contributed by atoms with E-state index in [9.17, 15) is 4.79 Å². The van der Waals surface area contributed by atoms with Crippen LogP contribution in [0.15, 0.2) is 59.7 Å². The van der Waals surface area contributed by atoms with Gasteiger partial charge in [0.25, 0.3) is 5.91 Å². The molecule has 5 nitrogen and oxygen atoms in total. The van der Waals surface area contributed by atoms with Crippen LogP contribution in [0.5, 0.6) is 5.75 Å². The van der Waals surface area contributed by atoms with E-state index in [2.05, 4.69) is 15.5 Å². The molecule has 3 aromatic rings. The first-order valence-corrected chi connectivity index (χ1v) is 8.10. The summed E-state index contributed by atoms with van der Waals surface area (Å²) in [6, 6.07) is 17.1. The number of pyridine rings is 1. The lowest BCUT2D eigenvalue weighted by molar-refractivity contribution is 0.0954. The number of hydrogen-bond donors (Lipinski definition) is 1. The van der Waals surface area contributed by atoms with Gasteiger partial charge in [-0.15, -0.1) is 0 Å². The minimum atomic E-state index is -0.291. The lowest BCUT2D eigenvalue weighted by atomic mass is 10.1. The summed E-state index contributed by atoms with van der Waals surface area (Å²) in [5, 5.41) is 4.97. The predicted octanol–water partition coefficient (Wildman–Crippen LogP) is 3.71. The van der Waals surface area contributed by atoms with Gasteiger partial charge in [-0.1, -0.05) is 30.3 Å². The minimum Gasteiger partial charge on any atom is -0.493 e. The van der Waals surface area contributed by atoms with Crippen LogP contribution in [0.2, 0.25) is 0 Å². The number of ether oxygens (including phenoxy) is 1. The number of aryl methyl sites for hydroxylation is 1. The largest absolute Gasteiger partial charge is 0.493 e. The number of nitrogens with zero attached hydrogens (tertiary/aromatic N) is 2. The molecule has 0 atom stereocenters. The first-order valence-electron chi connectivity index (χ1n) is 8.10. The van der Waals surface area contributed by atoms with Crippen molar-refractivity contribution >= 4 is 23.0 Å². The Balaban J connectivity index is 1.78. The van der Waals surface area contributed by atoms with Gasteiger partial charge in [0.15, 0.2) is 0 Å². The number of fused-ring (bicyclic) bond motifs is 1. The van der Waals surface area contributed by atoms with E-state index < -0.39 is 0 Å². The Hall–Kier alpha value is -3.21. The van der Waals surface area contributed by atoms with E-state index in [1.807, 2.05) is 68.4 Å². The number of amides is 1. The van der Waals surface area contributed by atoms with E-state index in [-0.39, 0.29) is 5.91 Å². The van der Waals surface area contributed by atoms with Gasteiger partial charge >= 0.3 is 0 Å². The van der Waals surface area contributed by atoms with Gasteiger partial charge in [0.05, 0.1) is 29.6 Å². The van der Waals surface area contributed by atoms with Gasteiger partial charge in [0.1, 0.15) is 5.75 Å². The third kappa shape index (κ3) is 3.83. The Morgan fingerprint density at radius 3 is 2.80 bits per heavy atom. The van der Waals surface area contributed by atoms with Crippen LogP contribution in [-0.2, 0) is 0 Å². The molecule has 0 radical (unpaired) electrons. The second-order valence-electron chi connectivity index (χ2n) is 5.48. The quantitative estimate of drug-likeness (QED) is 0.572. The molecule has 1 amide bonds. The third-order valence-electron chi connectivity index (χ3n) is 3.75. The molecule has 5 heteroatoms. The summed E-state index contributed by atoms with van der Waals surface area (Å²) in [6.07, 6.45) is 1.58. The number of nitrogens with one attached hydrogen (secondary N) is 1. The maximum absolute atomic E-state index is 12.4. The smallest absolute Gasteiger partial charge is 0.273 e. The number of carbonyl (C=O) groups is 1. The number of benzene rings is 2. The first-order chi connectivity index (χ1) is 12.2. The molecule has 0 spiro atoms. The Morgan fingerprint density at radius 1 is 1.20 bits per heavy atom. The van der Waals surface area contributed by atoms with E-state index in [4.69, 9.17) is 4.74 Å². The highest BCUT2D eigenvalue weighted by atomic mass is 16.5. The maximum Gasteiger partial charge on any atom is 0.273 e. The molecular formula is C20H19N3O2. The van der Waals surface area contributed by atoms with Crippen LogP contribution in [0.3, 0.4) is 0 Å². The van der Waals surface area contributed by atoms with E-state index in [0.717, 1.165) is 22.2 Å². The average molecular weight is 333 g/mol. The fourth-order valence-electron chi connectivity index (χ4n) is 2.54. The second kappa shape index (κ2) is 7.57. The average Bonchev–Trinajstić information content (AvgIpc) is 2.62. The minimum absolute atomic E-state index is 0.291. The molecule has 0 aliphatic heterocycles. The molecule has 0 saturated heterocycles. The highest BCUT2D eigenvalue weighted by Crippen LogP contribution is 2.17. The van der Waals surface area contributed by atoms with Crippen LogP contribution in [-0.4, -0.2) is 23.7 Å². The molecule has 2 aromatic carbocycles. The summed E-state index contributed by atoms with van der Waals surface area (Å²) in [4.78, 5) is 16.9. The van der Waals surface area contributed by atoms with Gasteiger partial charge in [-0.05, 0) is 38.1 Å². The first kappa shape index (κ1) is 16.6. The molecule has 0 aliphatic carbocycles. The van der Waals surface area contributed by atoms with Crippen LogP contribution >= 0.6 is 0 Å². The number of hydrazone groups is 1. The monoisotopic (exact) mass is 333 g/mol. The van der Waals surface area contributed by atoms with E-state index in [1.54, 1.807) is 6.21 Å². The van der Waals surface area contributed by atoms with Crippen LogP contribution in [0.1, 0.15) is 28.5 Å². The number of hydrogen-bond acceptors (Lipinski definition) is 4. The number of para-hydroxylation sites is 2. The molecular weight excluding hydrogens is 314 g/mol. The van der Waals surface area contributed by atoms with Crippen LogP contribution < -0.4 is 10.2 Å². The lowest BCUT2D eigenvalue weighted by Crippen LogP contribution is -2.19. The summed E-state index contributed by atoms with van der Waals surface area (Å²) in [5.41, 5.74) is 5.40. The molecule has 126 valence electrons. The fourth-order valence-corrected chi connectivity index (χ4v) is 2.54. The number of carbonyl (C=O) groups excluding carboxylic acids is 1. The predicted molar refractivity (Wildman–Crippen MR) is 99.2 cm³/mol. The van der Waals surface area contributed by atoms with Gasteiger partial charge in [-0.3, -0.25) is 9.78 Å². The number of rotatable bonds is 5. The highest BCUT2D eigenvalue weighted by Gasteiger charge is 2.10. The molecule has 0 fully saturated rings. The van der Waals surface area contributed by atoms with Crippen molar-refractivity contribution in [3.8, 4) is 5.75 Å². The highest BCUT2D eigenvalue weighted by molar-refractivity contribution is 5.99. The lowest BCUT2D eigenvalue weighted by Gasteiger charge is -2.07. The zero-order valence-electron chi connectivity index (χ0n) is 14.2. The van der Waals surface area contributed by atoms with Gasteiger partial charge in [-0.25, -0.2) is 5.43 Å². The van der Waals surface area contributed by atoms with Crippen molar-refractivity contribution in [1.82, 2.24) is 10.4 Å². The topological polar surface area (TPSA) is 63.6 Å². The Labute approximate surface area is 146 Å². The molecule has 3 rings (SSSR count). The van der Waals surface area contributed by atoms with Crippen molar-refractivity contribution < 1.29 is 9.53 Å². The van der Waals surface area contributed by atoms with Gasteiger partial charge < -0.3 is 4.74 Å². The van der Waals surface area contributed by atoms with Gasteiger partial charge in [-0.2, -0.15) is 5.10 Å². The van der Waals surface area contributed by atoms with E-state index in [0.29, 0.717) is 17.9 Å². The molecule has 0 bridgehead atoms. The summed E-state index contributed by atoms with van der Waals surface area (Å²) in [5.74, 6) is 0.437. The van der Waals surface area contributed by atoms with Crippen LogP contribution in [0.25, 0.3) is 10.9 Å². The third-order valence-corrected chi connectivity index (χ3v) is 3.75. The van der Waals surface area contributed by atoms with Crippen molar-refractivity contribution in [2.24, 2.45) is 5.10 Å². The van der Waals surface area contributed by atoms with E-state index >= 15 is 0 Å². The second-order valence-corrected chi connectivity index (χ2v) is 5.48. The normalized spacial score (nSPS) is 11.0. The molecule has 0 aliphatic rings. The molecule has 1 aromatic heterocycles. The molecule has 1 N–H and O–H groups in total. The summed E-state index contributed by atoms with van der Waals surface area (Å²) < 4.78 is 5.53. The molecule has 1 heterocycles. The van der Waals surface area contributed by atoms with E-state index in [1.165, 1.54) is 0 Å².